The molecule has 0 spiro atoms. The second kappa shape index (κ2) is 5.61. The molecule has 0 radical (unpaired) electrons. The molecule has 0 amide bonds. The zero-order valence-corrected chi connectivity index (χ0v) is 15.9. The maximum absolute atomic E-state index is 11.5. The average molecular weight is 331 g/mol. The quantitative estimate of drug-likeness (QED) is 0.467. The molecule has 0 N–H and O–H groups in total. The van der Waals surface area contributed by atoms with Crippen LogP contribution in [0.15, 0.2) is 11.6 Å². The molecule has 2 nitrogen and oxygen atoms in total. The van der Waals surface area contributed by atoms with E-state index >= 15 is 0 Å². The molecule has 0 aromatic heterocycles. The van der Waals surface area contributed by atoms with Crippen molar-refractivity contribution in [3.8, 4) is 0 Å². The van der Waals surface area contributed by atoms with Crippen molar-refractivity contribution in [2.75, 3.05) is 0 Å². The first kappa shape index (κ1) is 16.7. The van der Waals surface area contributed by atoms with Crippen molar-refractivity contribution in [1.29, 1.82) is 0 Å². The van der Waals surface area contributed by atoms with E-state index in [1.54, 1.807) is 12.5 Å². The SMILES string of the molecule is CC(=O)O[C@H]1CC[C@H]2[C@@H]3CC[C@H]4CC(C)=CC[C@]4(C)[C@H]3CC[C@]12C. The van der Waals surface area contributed by atoms with Gasteiger partial charge in [0.05, 0.1) is 0 Å². The predicted octanol–water partition coefficient (Wildman–Crippen LogP) is 5.52. The molecule has 0 aromatic carbocycles. The molecular weight excluding hydrogens is 296 g/mol. The molecule has 4 aliphatic rings. The van der Waals surface area contributed by atoms with Crippen LogP contribution in [0.4, 0.5) is 0 Å². The molecule has 0 aliphatic heterocycles. The average Bonchev–Trinajstić information content (AvgIpc) is 2.84. The van der Waals surface area contributed by atoms with Crippen LogP contribution in [0.3, 0.4) is 0 Å². The zero-order valence-electron chi connectivity index (χ0n) is 15.9. The summed E-state index contributed by atoms with van der Waals surface area (Å²) in [7, 11) is 0. The van der Waals surface area contributed by atoms with Gasteiger partial charge >= 0.3 is 5.97 Å². The van der Waals surface area contributed by atoms with Gasteiger partial charge in [0.1, 0.15) is 6.10 Å². The maximum Gasteiger partial charge on any atom is 0.302 e. The zero-order chi connectivity index (χ0) is 17.1. The molecular formula is C22H34O2. The summed E-state index contributed by atoms with van der Waals surface area (Å²) in [5.74, 6) is 3.32. The molecule has 2 heteroatoms. The lowest BCUT2D eigenvalue weighted by Gasteiger charge is -2.59. The molecule has 0 bridgehead atoms. The van der Waals surface area contributed by atoms with Crippen molar-refractivity contribution in [3.05, 3.63) is 11.6 Å². The maximum atomic E-state index is 11.5. The Morgan fingerprint density at radius 3 is 2.58 bits per heavy atom. The van der Waals surface area contributed by atoms with Crippen molar-refractivity contribution in [2.45, 2.75) is 85.2 Å². The monoisotopic (exact) mass is 330 g/mol. The number of hydrogen-bond acceptors (Lipinski definition) is 2. The Kier molecular flexibility index (Phi) is 3.89. The third-order valence-electron chi connectivity index (χ3n) is 8.75. The first-order valence-corrected chi connectivity index (χ1v) is 10.2. The standard InChI is InChI=1S/C22H34O2/c1-14-9-11-21(3)16(13-14)5-6-17-18-7-8-20(24-15(2)23)22(18,4)12-10-19(17)21/h9,16-20H,5-8,10-13H2,1-4H3/t16-,17-,18-,19-,20-,21-,22-/m0/s1. The molecule has 3 saturated carbocycles. The van der Waals surface area contributed by atoms with E-state index in [2.05, 4.69) is 26.8 Å². The molecule has 24 heavy (non-hydrogen) atoms. The first-order valence-electron chi connectivity index (χ1n) is 10.2. The van der Waals surface area contributed by atoms with E-state index in [1.807, 2.05) is 0 Å². The number of ether oxygens (including phenoxy) is 1. The molecule has 4 rings (SSSR count). The molecule has 4 aliphatic carbocycles. The lowest BCUT2D eigenvalue weighted by Crippen LogP contribution is -2.53. The fourth-order valence-electron chi connectivity index (χ4n) is 7.40. The van der Waals surface area contributed by atoms with Gasteiger partial charge < -0.3 is 4.74 Å². The number of allylic oxidation sites excluding steroid dienone is 2. The smallest absolute Gasteiger partial charge is 0.302 e. The van der Waals surface area contributed by atoms with E-state index in [9.17, 15) is 4.79 Å². The lowest BCUT2D eigenvalue weighted by atomic mass is 9.45. The van der Waals surface area contributed by atoms with Gasteiger partial charge in [-0.2, -0.15) is 0 Å². The highest BCUT2D eigenvalue weighted by Gasteiger charge is 2.60. The Bertz CT molecular complexity index is 564. The highest BCUT2D eigenvalue weighted by molar-refractivity contribution is 5.66. The second-order valence-electron chi connectivity index (χ2n) is 9.84. The largest absolute Gasteiger partial charge is 0.462 e. The minimum atomic E-state index is -0.0902. The van der Waals surface area contributed by atoms with Crippen LogP contribution in [0.2, 0.25) is 0 Å². The topological polar surface area (TPSA) is 26.3 Å². The van der Waals surface area contributed by atoms with E-state index in [4.69, 9.17) is 4.74 Å². The summed E-state index contributed by atoms with van der Waals surface area (Å²) in [6.07, 6.45) is 13.1. The normalized spacial score (nSPS) is 50.3. The minimum absolute atomic E-state index is 0.0902. The Morgan fingerprint density at radius 2 is 1.83 bits per heavy atom. The van der Waals surface area contributed by atoms with Crippen molar-refractivity contribution in [3.63, 3.8) is 0 Å². The Morgan fingerprint density at radius 1 is 1.08 bits per heavy atom. The fourth-order valence-corrected chi connectivity index (χ4v) is 7.40. The van der Waals surface area contributed by atoms with Crippen molar-refractivity contribution in [1.82, 2.24) is 0 Å². The third-order valence-corrected chi connectivity index (χ3v) is 8.75. The van der Waals surface area contributed by atoms with Crippen LogP contribution in [0.1, 0.15) is 79.1 Å². The van der Waals surface area contributed by atoms with Crippen LogP contribution in [0.5, 0.6) is 0 Å². The van der Waals surface area contributed by atoms with E-state index < -0.39 is 0 Å². The van der Waals surface area contributed by atoms with Gasteiger partial charge in [-0.25, -0.2) is 0 Å². The molecule has 0 saturated heterocycles. The molecule has 3 fully saturated rings. The third kappa shape index (κ3) is 2.31. The molecule has 0 aromatic rings. The number of carbonyl (C=O) groups is 1. The predicted molar refractivity (Wildman–Crippen MR) is 96.4 cm³/mol. The Labute approximate surface area is 147 Å². The van der Waals surface area contributed by atoms with Gasteiger partial charge in [0, 0.05) is 12.3 Å². The highest BCUT2D eigenvalue weighted by Crippen LogP contribution is 2.66. The van der Waals surface area contributed by atoms with Crippen LogP contribution in [0.25, 0.3) is 0 Å². The van der Waals surface area contributed by atoms with Crippen LogP contribution in [-0.2, 0) is 9.53 Å². The Balaban J connectivity index is 1.60. The molecule has 134 valence electrons. The van der Waals surface area contributed by atoms with Gasteiger partial charge in [0.25, 0.3) is 0 Å². The van der Waals surface area contributed by atoms with Gasteiger partial charge in [-0.1, -0.05) is 25.5 Å². The number of rotatable bonds is 1. The molecule has 0 heterocycles. The summed E-state index contributed by atoms with van der Waals surface area (Å²) in [6, 6.07) is 0. The molecule has 7 atom stereocenters. The van der Waals surface area contributed by atoms with Crippen molar-refractivity contribution >= 4 is 5.97 Å². The number of fused-ring (bicyclic) bond motifs is 5. The number of esters is 1. The summed E-state index contributed by atoms with van der Waals surface area (Å²) >= 11 is 0. The van der Waals surface area contributed by atoms with Gasteiger partial charge in [0.15, 0.2) is 0 Å². The number of carbonyl (C=O) groups excluding carboxylic acids is 1. The van der Waals surface area contributed by atoms with E-state index in [-0.39, 0.29) is 17.5 Å². The van der Waals surface area contributed by atoms with Crippen LogP contribution < -0.4 is 0 Å². The summed E-state index contributed by atoms with van der Waals surface area (Å²) in [6.45, 7) is 8.92. The van der Waals surface area contributed by atoms with Crippen molar-refractivity contribution in [2.24, 2.45) is 34.5 Å². The fraction of sp³-hybridized carbons (Fsp3) is 0.864. The summed E-state index contributed by atoms with van der Waals surface area (Å²) in [5, 5.41) is 0. The first-order chi connectivity index (χ1) is 11.3. The van der Waals surface area contributed by atoms with Gasteiger partial charge in [0.2, 0.25) is 0 Å². The summed E-state index contributed by atoms with van der Waals surface area (Å²) < 4.78 is 5.76. The highest BCUT2D eigenvalue weighted by atomic mass is 16.5. The number of hydrogen-bond donors (Lipinski definition) is 0. The lowest BCUT2D eigenvalue weighted by molar-refractivity contribution is -0.159. The van der Waals surface area contributed by atoms with Crippen LogP contribution in [0, 0.1) is 34.5 Å². The van der Waals surface area contributed by atoms with Gasteiger partial charge in [-0.3, -0.25) is 4.79 Å². The summed E-state index contributed by atoms with van der Waals surface area (Å²) in [4.78, 5) is 11.5. The molecule has 0 unspecified atom stereocenters. The van der Waals surface area contributed by atoms with Gasteiger partial charge in [-0.15, -0.1) is 0 Å². The minimum Gasteiger partial charge on any atom is -0.462 e. The van der Waals surface area contributed by atoms with Gasteiger partial charge in [-0.05, 0) is 87.4 Å². The second-order valence-corrected chi connectivity index (χ2v) is 9.84. The van der Waals surface area contributed by atoms with Crippen LogP contribution >= 0.6 is 0 Å². The van der Waals surface area contributed by atoms with Crippen LogP contribution in [-0.4, -0.2) is 12.1 Å². The van der Waals surface area contributed by atoms with Crippen molar-refractivity contribution < 1.29 is 9.53 Å². The van der Waals surface area contributed by atoms with E-state index in [0.717, 1.165) is 30.1 Å². The van der Waals surface area contributed by atoms with E-state index in [1.165, 1.54) is 44.9 Å². The Hall–Kier alpha value is -0.790. The van der Waals surface area contributed by atoms with E-state index in [0.29, 0.717) is 5.41 Å². The summed E-state index contributed by atoms with van der Waals surface area (Å²) in [5.41, 5.74) is 2.37.